The fourth-order valence-electron chi connectivity index (χ4n) is 3.41. The maximum absolute atomic E-state index is 2.27. The molecule has 4 aromatic carbocycles. The second-order valence-electron chi connectivity index (χ2n) is 7.70. The van der Waals surface area contributed by atoms with Crippen molar-refractivity contribution in [2.45, 2.75) is 13.8 Å². The van der Waals surface area contributed by atoms with Crippen molar-refractivity contribution < 1.29 is 0 Å². The van der Waals surface area contributed by atoms with Crippen LogP contribution in [-0.2, 0) is 0 Å². The van der Waals surface area contributed by atoms with Gasteiger partial charge in [0.15, 0.2) is 0 Å². The summed E-state index contributed by atoms with van der Waals surface area (Å²) in [4.78, 5) is 0. The van der Waals surface area contributed by atoms with Crippen LogP contribution in [0, 0.1) is 13.8 Å². The van der Waals surface area contributed by atoms with Gasteiger partial charge in [-0.1, -0.05) is 126 Å². The predicted octanol–water partition coefficient (Wildman–Crippen LogP) is 8.31. The molecule has 0 N–H and O–H groups in total. The first kappa shape index (κ1) is 19.7. The summed E-state index contributed by atoms with van der Waals surface area (Å²) >= 11 is 0. The molecule has 0 radical (unpaired) electrons. The molecular formula is C30H26. The summed E-state index contributed by atoms with van der Waals surface area (Å²) in [5.74, 6) is 0. The average Bonchev–Trinajstić information content (AvgIpc) is 2.79. The molecule has 146 valence electrons. The lowest BCUT2D eigenvalue weighted by molar-refractivity contribution is 1.46. The Morgan fingerprint density at radius 1 is 0.433 bits per heavy atom. The Morgan fingerprint density at radius 3 is 1.53 bits per heavy atom. The van der Waals surface area contributed by atoms with Crippen LogP contribution in [0.3, 0.4) is 0 Å². The van der Waals surface area contributed by atoms with Gasteiger partial charge in [0.1, 0.15) is 0 Å². The van der Waals surface area contributed by atoms with E-state index in [0.717, 1.165) is 0 Å². The SMILES string of the molecule is Cc1ccc(C=Cc2ccc(-c3ccccc3)cc2C=Cc2ccc(C)cc2)cc1. The van der Waals surface area contributed by atoms with Crippen LogP contribution in [0.15, 0.2) is 97.1 Å². The maximum atomic E-state index is 2.27. The van der Waals surface area contributed by atoms with Crippen molar-refractivity contribution in [1.29, 1.82) is 0 Å². The molecule has 0 saturated carbocycles. The Hall–Kier alpha value is -3.64. The van der Waals surface area contributed by atoms with Gasteiger partial charge in [0, 0.05) is 0 Å². The molecule has 4 rings (SSSR count). The third-order valence-corrected chi connectivity index (χ3v) is 5.26. The van der Waals surface area contributed by atoms with Crippen LogP contribution in [-0.4, -0.2) is 0 Å². The summed E-state index contributed by atoms with van der Waals surface area (Å²) < 4.78 is 0. The normalized spacial score (nSPS) is 11.4. The van der Waals surface area contributed by atoms with Crippen molar-refractivity contribution in [3.63, 3.8) is 0 Å². The molecule has 0 aliphatic rings. The number of hydrogen-bond acceptors (Lipinski definition) is 0. The Kier molecular flexibility index (Phi) is 6.06. The smallest absolute Gasteiger partial charge is 0.0178 e. The van der Waals surface area contributed by atoms with E-state index in [9.17, 15) is 0 Å². The van der Waals surface area contributed by atoms with E-state index in [1.807, 2.05) is 0 Å². The van der Waals surface area contributed by atoms with Gasteiger partial charge in [0.05, 0.1) is 0 Å². The fraction of sp³-hybridized carbons (Fsp3) is 0.0667. The lowest BCUT2D eigenvalue weighted by Crippen LogP contribution is -1.85. The zero-order valence-corrected chi connectivity index (χ0v) is 17.5. The Morgan fingerprint density at radius 2 is 0.967 bits per heavy atom. The Balaban J connectivity index is 1.70. The molecule has 0 unspecified atom stereocenters. The standard InChI is InChI=1S/C30H26/c1-23-8-12-25(13-9-23)16-18-28-20-21-30(27-6-4-3-5-7-27)22-29(28)19-17-26-14-10-24(2)11-15-26/h3-22H,1-2H3. The van der Waals surface area contributed by atoms with E-state index >= 15 is 0 Å². The summed E-state index contributed by atoms with van der Waals surface area (Å²) in [7, 11) is 0. The van der Waals surface area contributed by atoms with Crippen molar-refractivity contribution in [1.82, 2.24) is 0 Å². The molecule has 0 aromatic heterocycles. The number of hydrogen-bond donors (Lipinski definition) is 0. The van der Waals surface area contributed by atoms with Gasteiger partial charge >= 0.3 is 0 Å². The molecule has 0 nitrogen and oxygen atoms in total. The van der Waals surface area contributed by atoms with E-state index in [-0.39, 0.29) is 0 Å². The second kappa shape index (κ2) is 9.24. The molecule has 0 aliphatic carbocycles. The van der Waals surface area contributed by atoms with Crippen LogP contribution in [0.4, 0.5) is 0 Å². The van der Waals surface area contributed by atoms with Crippen LogP contribution in [0.1, 0.15) is 33.4 Å². The topological polar surface area (TPSA) is 0 Å². The number of aryl methyl sites for hydroxylation is 2. The third kappa shape index (κ3) is 5.04. The molecule has 0 aliphatic heterocycles. The number of rotatable bonds is 5. The van der Waals surface area contributed by atoms with Crippen molar-refractivity contribution in [3.05, 3.63) is 130 Å². The van der Waals surface area contributed by atoms with Crippen molar-refractivity contribution >= 4 is 24.3 Å². The highest BCUT2D eigenvalue weighted by molar-refractivity contribution is 5.82. The van der Waals surface area contributed by atoms with Gasteiger partial charge in [-0.15, -0.1) is 0 Å². The number of benzene rings is 4. The van der Waals surface area contributed by atoms with E-state index in [2.05, 4.69) is 135 Å². The molecular weight excluding hydrogens is 360 g/mol. The molecule has 0 heteroatoms. The first-order valence-corrected chi connectivity index (χ1v) is 10.4. The second-order valence-corrected chi connectivity index (χ2v) is 7.70. The molecule has 0 saturated heterocycles. The largest absolute Gasteiger partial charge is 0.0622 e. The highest BCUT2D eigenvalue weighted by atomic mass is 14.1. The van der Waals surface area contributed by atoms with E-state index in [1.165, 1.54) is 44.5 Å². The summed E-state index contributed by atoms with van der Waals surface area (Å²) in [5.41, 5.74) is 9.85. The van der Waals surface area contributed by atoms with Gasteiger partial charge in [0.25, 0.3) is 0 Å². The molecule has 0 fully saturated rings. The van der Waals surface area contributed by atoms with Gasteiger partial charge < -0.3 is 0 Å². The summed E-state index contributed by atoms with van der Waals surface area (Å²) in [6, 6.07) is 34.5. The van der Waals surface area contributed by atoms with Crippen LogP contribution < -0.4 is 0 Å². The van der Waals surface area contributed by atoms with E-state index in [0.29, 0.717) is 0 Å². The minimum atomic E-state index is 1.21. The Bertz CT molecular complexity index is 1160. The minimum Gasteiger partial charge on any atom is -0.0622 e. The lowest BCUT2D eigenvalue weighted by Gasteiger charge is -2.07. The first-order valence-electron chi connectivity index (χ1n) is 10.4. The Labute approximate surface area is 179 Å². The molecule has 0 amide bonds. The quantitative estimate of drug-likeness (QED) is 0.302. The third-order valence-electron chi connectivity index (χ3n) is 5.26. The maximum Gasteiger partial charge on any atom is -0.0178 e. The van der Waals surface area contributed by atoms with Gasteiger partial charge in [-0.05, 0) is 53.3 Å². The van der Waals surface area contributed by atoms with E-state index in [1.54, 1.807) is 0 Å². The zero-order valence-electron chi connectivity index (χ0n) is 17.5. The summed E-state index contributed by atoms with van der Waals surface area (Å²) in [5, 5.41) is 0. The molecule has 30 heavy (non-hydrogen) atoms. The minimum absolute atomic E-state index is 1.21. The summed E-state index contributed by atoms with van der Waals surface area (Å²) in [6.07, 6.45) is 8.78. The highest BCUT2D eigenvalue weighted by Crippen LogP contribution is 2.25. The van der Waals surface area contributed by atoms with Crippen LogP contribution in [0.2, 0.25) is 0 Å². The van der Waals surface area contributed by atoms with Crippen molar-refractivity contribution in [3.8, 4) is 11.1 Å². The molecule has 0 spiro atoms. The van der Waals surface area contributed by atoms with Crippen LogP contribution >= 0.6 is 0 Å². The van der Waals surface area contributed by atoms with Gasteiger partial charge in [-0.25, -0.2) is 0 Å². The highest BCUT2D eigenvalue weighted by Gasteiger charge is 2.02. The molecule has 0 bridgehead atoms. The predicted molar refractivity (Wildman–Crippen MR) is 132 cm³/mol. The first-order chi connectivity index (χ1) is 14.7. The monoisotopic (exact) mass is 386 g/mol. The van der Waals surface area contributed by atoms with Crippen molar-refractivity contribution in [2.24, 2.45) is 0 Å². The van der Waals surface area contributed by atoms with E-state index < -0.39 is 0 Å². The zero-order chi connectivity index (χ0) is 20.8. The fourth-order valence-corrected chi connectivity index (χ4v) is 3.41. The van der Waals surface area contributed by atoms with Gasteiger partial charge in [0.2, 0.25) is 0 Å². The molecule has 0 heterocycles. The average molecular weight is 387 g/mol. The van der Waals surface area contributed by atoms with Crippen LogP contribution in [0.25, 0.3) is 35.4 Å². The van der Waals surface area contributed by atoms with E-state index in [4.69, 9.17) is 0 Å². The van der Waals surface area contributed by atoms with Crippen LogP contribution in [0.5, 0.6) is 0 Å². The lowest BCUT2D eigenvalue weighted by atomic mass is 9.97. The molecule has 4 aromatic rings. The van der Waals surface area contributed by atoms with Crippen molar-refractivity contribution in [2.75, 3.05) is 0 Å². The van der Waals surface area contributed by atoms with Gasteiger partial charge in [-0.2, -0.15) is 0 Å². The summed E-state index contributed by atoms with van der Waals surface area (Å²) in [6.45, 7) is 4.23. The van der Waals surface area contributed by atoms with Gasteiger partial charge in [-0.3, -0.25) is 0 Å². The molecule has 0 atom stereocenters.